The second-order valence-corrected chi connectivity index (χ2v) is 6.81. The zero-order chi connectivity index (χ0) is 16.7. The minimum atomic E-state index is 0.704. The monoisotopic (exact) mass is 316 g/mol. The molecule has 0 bridgehead atoms. The molecule has 2 rings (SSSR count). The highest BCUT2D eigenvalue weighted by atomic mass is 15.2. The number of aryl methyl sites for hydroxylation is 2. The summed E-state index contributed by atoms with van der Waals surface area (Å²) in [5, 5.41) is 6.82. The first-order chi connectivity index (χ1) is 11.1. The minimum Gasteiger partial charge on any atom is -0.357 e. The first-order valence-electron chi connectivity index (χ1n) is 8.84. The Balaban J connectivity index is 1.81. The van der Waals surface area contributed by atoms with E-state index >= 15 is 0 Å². The Kier molecular flexibility index (Phi) is 6.90. The van der Waals surface area contributed by atoms with Crippen LogP contribution in [-0.2, 0) is 6.42 Å². The third-order valence-electron chi connectivity index (χ3n) is 4.33. The average molecular weight is 316 g/mol. The number of nitrogens with zero attached hydrogens (tertiary/aromatic N) is 2. The van der Waals surface area contributed by atoms with Crippen molar-refractivity contribution in [2.75, 3.05) is 39.8 Å². The summed E-state index contributed by atoms with van der Waals surface area (Å²) in [6, 6.07) is 6.77. The fourth-order valence-electron chi connectivity index (χ4n) is 3.28. The van der Waals surface area contributed by atoms with E-state index in [1.807, 2.05) is 0 Å². The Morgan fingerprint density at radius 1 is 1.22 bits per heavy atom. The van der Waals surface area contributed by atoms with Gasteiger partial charge in [-0.15, -0.1) is 0 Å². The molecule has 1 aliphatic rings. The van der Waals surface area contributed by atoms with Crippen LogP contribution in [0.2, 0.25) is 0 Å². The Morgan fingerprint density at radius 2 is 1.96 bits per heavy atom. The van der Waals surface area contributed by atoms with E-state index in [-0.39, 0.29) is 0 Å². The van der Waals surface area contributed by atoms with E-state index in [2.05, 4.69) is 61.6 Å². The van der Waals surface area contributed by atoms with Crippen molar-refractivity contribution in [3.8, 4) is 0 Å². The Bertz CT molecular complexity index is 504. The zero-order valence-corrected chi connectivity index (χ0v) is 15.2. The zero-order valence-electron chi connectivity index (χ0n) is 15.2. The van der Waals surface area contributed by atoms with Crippen LogP contribution in [-0.4, -0.2) is 50.6 Å². The number of nitrogens with one attached hydrogen (secondary N) is 2. The van der Waals surface area contributed by atoms with Gasteiger partial charge in [-0.25, -0.2) is 0 Å². The van der Waals surface area contributed by atoms with Gasteiger partial charge in [-0.1, -0.05) is 29.3 Å². The number of likely N-dealkylation sites (tertiary alicyclic amines) is 1. The lowest BCUT2D eigenvalue weighted by Gasteiger charge is -2.13. The molecule has 0 spiro atoms. The molecule has 1 aromatic rings. The fraction of sp³-hybridized carbons (Fsp3) is 0.632. The van der Waals surface area contributed by atoms with Gasteiger partial charge in [0.2, 0.25) is 0 Å². The van der Waals surface area contributed by atoms with Crippen LogP contribution in [0.5, 0.6) is 0 Å². The molecule has 2 N–H and O–H groups in total. The van der Waals surface area contributed by atoms with Gasteiger partial charge in [0.05, 0.1) is 0 Å². The SMILES string of the molecule is CCNC(=NCC1CCN(C)C1)NCCc1cc(C)cc(C)c1. The largest absolute Gasteiger partial charge is 0.357 e. The van der Waals surface area contributed by atoms with Crippen molar-refractivity contribution in [3.05, 3.63) is 34.9 Å². The molecule has 0 aliphatic carbocycles. The van der Waals surface area contributed by atoms with Crippen molar-refractivity contribution in [3.63, 3.8) is 0 Å². The molecule has 0 amide bonds. The van der Waals surface area contributed by atoms with Crippen molar-refractivity contribution >= 4 is 5.96 Å². The molecular formula is C19H32N4. The van der Waals surface area contributed by atoms with Gasteiger partial charge in [-0.2, -0.15) is 0 Å². The maximum absolute atomic E-state index is 4.76. The first kappa shape index (κ1) is 17.8. The molecule has 4 nitrogen and oxygen atoms in total. The molecule has 0 aromatic heterocycles. The lowest BCUT2D eigenvalue weighted by atomic mass is 10.1. The Labute approximate surface area is 141 Å². The summed E-state index contributed by atoms with van der Waals surface area (Å²) < 4.78 is 0. The average Bonchev–Trinajstić information content (AvgIpc) is 2.89. The van der Waals surface area contributed by atoms with Gasteiger partial charge < -0.3 is 15.5 Å². The van der Waals surface area contributed by atoms with Gasteiger partial charge in [0.25, 0.3) is 0 Å². The molecule has 1 heterocycles. The van der Waals surface area contributed by atoms with Crippen LogP contribution in [0.15, 0.2) is 23.2 Å². The molecule has 4 heteroatoms. The first-order valence-corrected chi connectivity index (χ1v) is 8.84. The van der Waals surface area contributed by atoms with Crippen molar-refractivity contribution in [1.82, 2.24) is 15.5 Å². The molecule has 1 fully saturated rings. The number of hydrogen-bond acceptors (Lipinski definition) is 2. The normalized spacial score (nSPS) is 19.1. The van der Waals surface area contributed by atoms with Crippen LogP contribution in [0.4, 0.5) is 0 Å². The van der Waals surface area contributed by atoms with Crippen molar-refractivity contribution in [2.45, 2.75) is 33.6 Å². The van der Waals surface area contributed by atoms with E-state index < -0.39 is 0 Å². The van der Waals surface area contributed by atoms with Crippen LogP contribution < -0.4 is 10.6 Å². The van der Waals surface area contributed by atoms with Gasteiger partial charge in [-0.05, 0) is 58.7 Å². The van der Waals surface area contributed by atoms with Crippen molar-refractivity contribution in [2.24, 2.45) is 10.9 Å². The minimum absolute atomic E-state index is 0.704. The molecule has 23 heavy (non-hydrogen) atoms. The topological polar surface area (TPSA) is 39.7 Å². The van der Waals surface area contributed by atoms with Gasteiger partial charge >= 0.3 is 0 Å². The number of guanidine groups is 1. The number of rotatable bonds is 6. The molecular weight excluding hydrogens is 284 g/mol. The lowest BCUT2D eigenvalue weighted by Crippen LogP contribution is -2.38. The third kappa shape index (κ3) is 6.22. The van der Waals surface area contributed by atoms with Crippen LogP contribution in [0.1, 0.15) is 30.0 Å². The summed E-state index contributed by atoms with van der Waals surface area (Å²) in [6.07, 6.45) is 2.29. The summed E-state index contributed by atoms with van der Waals surface area (Å²) in [5.41, 5.74) is 4.07. The van der Waals surface area contributed by atoms with Gasteiger partial charge in [-0.3, -0.25) is 4.99 Å². The maximum atomic E-state index is 4.76. The molecule has 0 radical (unpaired) electrons. The molecule has 0 saturated carbocycles. The quantitative estimate of drug-likeness (QED) is 0.625. The van der Waals surface area contributed by atoms with E-state index in [0.29, 0.717) is 5.92 Å². The van der Waals surface area contributed by atoms with Crippen molar-refractivity contribution in [1.29, 1.82) is 0 Å². The highest BCUT2D eigenvalue weighted by Gasteiger charge is 2.18. The maximum Gasteiger partial charge on any atom is 0.191 e. The van der Waals surface area contributed by atoms with E-state index in [9.17, 15) is 0 Å². The highest BCUT2D eigenvalue weighted by Crippen LogP contribution is 2.14. The molecule has 1 aliphatic heterocycles. The van der Waals surface area contributed by atoms with E-state index in [0.717, 1.165) is 32.0 Å². The summed E-state index contributed by atoms with van der Waals surface area (Å²) in [6.45, 7) is 11.6. The van der Waals surface area contributed by atoms with E-state index in [1.165, 1.54) is 36.2 Å². The van der Waals surface area contributed by atoms with Gasteiger partial charge in [0.1, 0.15) is 0 Å². The molecule has 1 saturated heterocycles. The summed E-state index contributed by atoms with van der Waals surface area (Å²) in [5.74, 6) is 1.65. The van der Waals surface area contributed by atoms with Crippen LogP contribution in [0.25, 0.3) is 0 Å². The summed E-state index contributed by atoms with van der Waals surface area (Å²) in [7, 11) is 2.19. The Morgan fingerprint density at radius 3 is 2.57 bits per heavy atom. The predicted molar refractivity (Wildman–Crippen MR) is 99.2 cm³/mol. The summed E-state index contributed by atoms with van der Waals surface area (Å²) in [4.78, 5) is 7.15. The fourth-order valence-corrected chi connectivity index (χ4v) is 3.28. The molecule has 1 aromatic carbocycles. The van der Waals surface area contributed by atoms with E-state index in [4.69, 9.17) is 4.99 Å². The molecule has 1 unspecified atom stereocenters. The predicted octanol–water partition coefficient (Wildman–Crippen LogP) is 2.35. The number of aliphatic imine (C=N–C) groups is 1. The highest BCUT2D eigenvalue weighted by molar-refractivity contribution is 5.79. The Hall–Kier alpha value is -1.55. The lowest BCUT2D eigenvalue weighted by molar-refractivity contribution is 0.397. The second-order valence-electron chi connectivity index (χ2n) is 6.81. The van der Waals surface area contributed by atoms with Gasteiger partial charge in [0, 0.05) is 26.2 Å². The summed E-state index contributed by atoms with van der Waals surface area (Å²) >= 11 is 0. The number of hydrogen-bond donors (Lipinski definition) is 2. The van der Waals surface area contributed by atoms with Crippen LogP contribution >= 0.6 is 0 Å². The van der Waals surface area contributed by atoms with Crippen LogP contribution in [0, 0.1) is 19.8 Å². The van der Waals surface area contributed by atoms with Crippen molar-refractivity contribution < 1.29 is 0 Å². The second kappa shape index (κ2) is 8.92. The standard InChI is InChI=1S/C19H32N4/c1-5-20-19(22-13-18-7-9-23(4)14-18)21-8-6-17-11-15(2)10-16(3)12-17/h10-12,18H,5-9,13-14H2,1-4H3,(H2,20,21,22). The van der Waals surface area contributed by atoms with Crippen LogP contribution in [0.3, 0.4) is 0 Å². The number of benzene rings is 1. The molecule has 1 atom stereocenters. The molecule has 128 valence electrons. The smallest absolute Gasteiger partial charge is 0.191 e. The van der Waals surface area contributed by atoms with E-state index in [1.54, 1.807) is 0 Å². The third-order valence-corrected chi connectivity index (χ3v) is 4.33. The van der Waals surface area contributed by atoms with Gasteiger partial charge in [0.15, 0.2) is 5.96 Å².